The molecule has 0 unspecified atom stereocenters. The van der Waals surface area contributed by atoms with Crippen LogP contribution in [0.2, 0.25) is 0 Å². The topological polar surface area (TPSA) is 72.9 Å². The molecule has 0 spiro atoms. The van der Waals surface area contributed by atoms with Gasteiger partial charge in [-0.25, -0.2) is 4.57 Å². The highest BCUT2D eigenvalue weighted by Gasteiger charge is 2.45. The highest BCUT2D eigenvalue weighted by atomic mass is 31.2. The fraction of sp³-hybridized carbons (Fsp3) is 0.750. The van der Waals surface area contributed by atoms with Crippen LogP contribution in [0.3, 0.4) is 0 Å². The SMILES string of the molecule is CCOP(=O)(OCC)N1C(=O)CCC1=O. The number of imide groups is 1. The molecule has 0 aromatic carbocycles. The van der Waals surface area contributed by atoms with Crippen LogP contribution in [0, 0.1) is 0 Å². The molecule has 6 nitrogen and oxygen atoms in total. The first-order valence-electron chi connectivity index (χ1n) is 4.80. The van der Waals surface area contributed by atoms with Gasteiger partial charge in [-0.15, -0.1) is 0 Å². The summed E-state index contributed by atoms with van der Waals surface area (Å²) in [6, 6.07) is 0. The summed E-state index contributed by atoms with van der Waals surface area (Å²) in [7, 11) is -3.74. The van der Waals surface area contributed by atoms with Crippen LogP contribution in [0.25, 0.3) is 0 Å². The Morgan fingerprint density at radius 2 is 1.53 bits per heavy atom. The Kier molecular flexibility index (Phi) is 4.02. The molecular formula is C8H14NO5P. The predicted octanol–water partition coefficient (Wildman–Crippen LogP) is 1.32. The molecule has 1 rings (SSSR count). The van der Waals surface area contributed by atoms with Gasteiger partial charge in [-0.05, 0) is 13.8 Å². The first-order valence-corrected chi connectivity index (χ1v) is 6.30. The molecule has 0 aromatic heterocycles. The Morgan fingerprint density at radius 3 is 1.87 bits per heavy atom. The zero-order valence-electron chi connectivity index (χ0n) is 8.76. The van der Waals surface area contributed by atoms with Crippen LogP contribution in [0.5, 0.6) is 0 Å². The molecule has 1 fully saturated rings. The van der Waals surface area contributed by atoms with Gasteiger partial charge in [-0.3, -0.25) is 18.6 Å². The molecule has 0 radical (unpaired) electrons. The Labute approximate surface area is 88.1 Å². The summed E-state index contributed by atoms with van der Waals surface area (Å²) in [5, 5.41) is 0. The second-order valence-electron chi connectivity index (χ2n) is 2.90. The average Bonchev–Trinajstić information content (AvgIpc) is 2.47. The van der Waals surface area contributed by atoms with E-state index in [0.29, 0.717) is 4.67 Å². The normalized spacial score (nSPS) is 17.6. The molecule has 0 aliphatic carbocycles. The number of amides is 2. The van der Waals surface area contributed by atoms with Gasteiger partial charge in [0.2, 0.25) is 11.8 Å². The van der Waals surface area contributed by atoms with Crippen molar-refractivity contribution < 1.29 is 23.2 Å². The smallest absolute Gasteiger partial charge is 0.292 e. The minimum Gasteiger partial charge on any atom is -0.292 e. The first kappa shape index (κ1) is 12.4. The van der Waals surface area contributed by atoms with Crippen LogP contribution in [0.4, 0.5) is 0 Å². The lowest BCUT2D eigenvalue weighted by Gasteiger charge is -2.23. The van der Waals surface area contributed by atoms with E-state index >= 15 is 0 Å². The van der Waals surface area contributed by atoms with Crippen molar-refractivity contribution in [3.05, 3.63) is 0 Å². The molecule has 0 aromatic rings. The summed E-state index contributed by atoms with van der Waals surface area (Å²) >= 11 is 0. The van der Waals surface area contributed by atoms with Crippen LogP contribution in [0.15, 0.2) is 0 Å². The molecule has 86 valence electrons. The van der Waals surface area contributed by atoms with E-state index in [-0.39, 0.29) is 26.1 Å². The Morgan fingerprint density at radius 1 is 1.13 bits per heavy atom. The van der Waals surface area contributed by atoms with E-state index in [0.717, 1.165) is 0 Å². The van der Waals surface area contributed by atoms with Crippen molar-refractivity contribution in [1.29, 1.82) is 0 Å². The van der Waals surface area contributed by atoms with E-state index in [4.69, 9.17) is 9.05 Å². The molecule has 0 atom stereocenters. The van der Waals surface area contributed by atoms with Gasteiger partial charge >= 0.3 is 7.75 Å². The fourth-order valence-electron chi connectivity index (χ4n) is 1.32. The molecule has 0 saturated carbocycles. The van der Waals surface area contributed by atoms with Crippen molar-refractivity contribution in [1.82, 2.24) is 4.67 Å². The predicted molar refractivity (Wildman–Crippen MR) is 51.9 cm³/mol. The zero-order valence-corrected chi connectivity index (χ0v) is 9.66. The number of carbonyl (C=O) groups is 2. The second-order valence-corrected chi connectivity index (χ2v) is 4.76. The van der Waals surface area contributed by atoms with Crippen molar-refractivity contribution in [2.75, 3.05) is 13.2 Å². The van der Waals surface area contributed by atoms with Gasteiger partial charge in [0, 0.05) is 12.8 Å². The number of nitrogens with zero attached hydrogens (tertiary/aromatic N) is 1. The maximum absolute atomic E-state index is 12.1. The molecule has 15 heavy (non-hydrogen) atoms. The van der Waals surface area contributed by atoms with E-state index in [1.54, 1.807) is 13.8 Å². The Hall–Kier alpha value is -0.710. The van der Waals surface area contributed by atoms with Crippen molar-refractivity contribution in [3.63, 3.8) is 0 Å². The van der Waals surface area contributed by atoms with Crippen molar-refractivity contribution in [3.8, 4) is 0 Å². The average molecular weight is 235 g/mol. The van der Waals surface area contributed by atoms with Gasteiger partial charge in [0.05, 0.1) is 13.2 Å². The minimum atomic E-state index is -3.74. The van der Waals surface area contributed by atoms with E-state index in [9.17, 15) is 14.2 Å². The lowest BCUT2D eigenvalue weighted by molar-refractivity contribution is -0.133. The summed E-state index contributed by atoms with van der Waals surface area (Å²) < 4.78 is 22.5. The maximum atomic E-state index is 12.1. The van der Waals surface area contributed by atoms with Crippen LogP contribution >= 0.6 is 7.75 Å². The van der Waals surface area contributed by atoms with Gasteiger partial charge in [-0.2, -0.15) is 4.67 Å². The molecule has 2 amide bonds. The highest BCUT2D eigenvalue weighted by Crippen LogP contribution is 2.54. The van der Waals surface area contributed by atoms with Crippen molar-refractivity contribution in [2.24, 2.45) is 0 Å². The van der Waals surface area contributed by atoms with Crippen LogP contribution < -0.4 is 0 Å². The van der Waals surface area contributed by atoms with Crippen molar-refractivity contribution >= 4 is 19.6 Å². The Bertz CT molecular complexity index is 290. The number of hydrogen-bond donors (Lipinski definition) is 0. The van der Waals surface area contributed by atoms with Gasteiger partial charge in [0.25, 0.3) is 0 Å². The fourth-order valence-corrected chi connectivity index (χ4v) is 3.02. The van der Waals surface area contributed by atoms with Gasteiger partial charge in [0.1, 0.15) is 0 Å². The van der Waals surface area contributed by atoms with Crippen LogP contribution in [0.1, 0.15) is 26.7 Å². The third-order valence-electron chi connectivity index (χ3n) is 1.85. The van der Waals surface area contributed by atoms with E-state index < -0.39 is 19.6 Å². The number of rotatable bonds is 5. The lowest BCUT2D eigenvalue weighted by atomic mass is 10.4. The quantitative estimate of drug-likeness (QED) is 0.530. The molecule has 1 heterocycles. The maximum Gasteiger partial charge on any atom is 0.444 e. The number of carbonyl (C=O) groups excluding carboxylic acids is 2. The van der Waals surface area contributed by atoms with E-state index in [1.165, 1.54) is 0 Å². The molecule has 7 heteroatoms. The third-order valence-corrected chi connectivity index (χ3v) is 3.96. The lowest BCUT2D eigenvalue weighted by Crippen LogP contribution is -2.28. The summed E-state index contributed by atoms with van der Waals surface area (Å²) in [6.45, 7) is 3.48. The van der Waals surface area contributed by atoms with Gasteiger partial charge in [-0.1, -0.05) is 0 Å². The molecule has 1 aliphatic heterocycles. The second kappa shape index (κ2) is 4.88. The largest absolute Gasteiger partial charge is 0.444 e. The molecule has 1 saturated heterocycles. The summed E-state index contributed by atoms with van der Waals surface area (Å²) in [5.41, 5.74) is 0. The molecule has 0 N–H and O–H groups in total. The van der Waals surface area contributed by atoms with E-state index in [2.05, 4.69) is 0 Å². The van der Waals surface area contributed by atoms with Gasteiger partial charge in [0.15, 0.2) is 0 Å². The van der Waals surface area contributed by atoms with Crippen molar-refractivity contribution in [2.45, 2.75) is 26.7 Å². The van der Waals surface area contributed by atoms with Crippen LogP contribution in [-0.4, -0.2) is 29.7 Å². The molecular weight excluding hydrogens is 221 g/mol. The number of hydrogen-bond acceptors (Lipinski definition) is 5. The third kappa shape index (κ3) is 2.45. The first-order chi connectivity index (χ1) is 7.05. The summed E-state index contributed by atoms with van der Waals surface area (Å²) in [5.74, 6) is -0.990. The zero-order chi connectivity index (χ0) is 11.5. The van der Waals surface area contributed by atoms with Crippen LogP contribution in [-0.2, 0) is 23.2 Å². The molecule has 0 bridgehead atoms. The standard InChI is InChI=1S/C8H14NO5P/c1-3-13-15(12,14-4-2)9-7(10)5-6-8(9)11/h3-6H2,1-2H3. The Balaban J connectivity index is 2.92. The molecule has 1 aliphatic rings. The summed E-state index contributed by atoms with van der Waals surface area (Å²) in [4.78, 5) is 22.7. The minimum absolute atomic E-state index is 0.0724. The summed E-state index contributed by atoms with van der Waals surface area (Å²) in [6.07, 6.45) is 0.145. The monoisotopic (exact) mass is 235 g/mol. The van der Waals surface area contributed by atoms with Gasteiger partial charge < -0.3 is 0 Å². The highest BCUT2D eigenvalue weighted by molar-refractivity contribution is 7.53. The van der Waals surface area contributed by atoms with E-state index in [1.807, 2.05) is 0 Å².